The van der Waals surface area contributed by atoms with E-state index in [1.807, 2.05) is 36.4 Å². The molecule has 2 aromatic carbocycles. The van der Waals surface area contributed by atoms with Gasteiger partial charge in [-0.05, 0) is 67.0 Å². The highest BCUT2D eigenvalue weighted by molar-refractivity contribution is 5.96. The van der Waals surface area contributed by atoms with Crippen molar-refractivity contribution in [2.45, 2.75) is 32.3 Å². The normalized spacial score (nSPS) is 14.4. The van der Waals surface area contributed by atoms with Gasteiger partial charge in [0.05, 0.1) is 5.60 Å². The second-order valence-corrected chi connectivity index (χ2v) is 7.53. The van der Waals surface area contributed by atoms with Crippen LogP contribution in [0.1, 0.15) is 32.3 Å². The van der Waals surface area contributed by atoms with Crippen LogP contribution in [0.2, 0.25) is 0 Å². The average Bonchev–Trinajstić information content (AvgIpc) is 3.46. The van der Waals surface area contributed by atoms with Crippen LogP contribution in [-0.4, -0.2) is 16.0 Å². The Balaban J connectivity index is 1.64. The highest BCUT2D eigenvalue weighted by Gasteiger charge is 2.29. The maximum atomic E-state index is 11.9. The van der Waals surface area contributed by atoms with Crippen molar-refractivity contribution in [1.82, 2.24) is 4.98 Å². The zero-order valence-electron chi connectivity index (χ0n) is 15.0. The van der Waals surface area contributed by atoms with Crippen LogP contribution in [0.4, 0.5) is 5.82 Å². The number of rotatable bonds is 4. The van der Waals surface area contributed by atoms with Gasteiger partial charge in [-0.3, -0.25) is 4.79 Å². The van der Waals surface area contributed by atoms with Gasteiger partial charge in [-0.25, -0.2) is 4.98 Å². The molecule has 1 fully saturated rings. The molecule has 1 aliphatic carbocycles. The van der Waals surface area contributed by atoms with E-state index in [4.69, 9.17) is 0 Å². The van der Waals surface area contributed by atoms with Gasteiger partial charge in [-0.15, -0.1) is 0 Å². The molecular formula is C22H22N2O2. The Morgan fingerprint density at radius 1 is 1.08 bits per heavy atom. The molecule has 2 N–H and O–H groups in total. The van der Waals surface area contributed by atoms with Crippen molar-refractivity contribution in [2.24, 2.45) is 5.92 Å². The number of benzene rings is 2. The van der Waals surface area contributed by atoms with Gasteiger partial charge >= 0.3 is 0 Å². The van der Waals surface area contributed by atoms with Crippen molar-refractivity contribution in [3.05, 3.63) is 60.3 Å². The first-order valence-electron chi connectivity index (χ1n) is 8.94. The zero-order valence-corrected chi connectivity index (χ0v) is 15.0. The van der Waals surface area contributed by atoms with Crippen molar-refractivity contribution in [2.75, 3.05) is 5.32 Å². The molecule has 4 heteroatoms. The smallest absolute Gasteiger partial charge is 0.228 e. The molecule has 4 nitrogen and oxygen atoms in total. The summed E-state index contributed by atoms with van der Waals surface area (Å²) in [6.07, 6.45) is 3.75. The van der Waals surface area contributed by atoms with Gasteiger partial charge in [0.25, 0.3) is 0 Å². The summed E-state index contributed by atoms with van der Waals surface area (Å²) in [6.45, 7) is 3.57. The number of carbonyl (C=O) groups excluding carboxylic acids is 1. The van der Waals surface area contributed by atoms with Crippen molar-refractivity contribution in [1.29, 1.82) is 0 Å². The van der Waals surface area contributed by atoms with E-state index >= 15 is 0 Å². The SMILES string of the molecule is CC(C)(O)c1cccc(-c2ccc3cc(NC(=O)C4CC4)ncc3c2)c1. The largest absolute Gasteiger partial charge is 0.386 e. The second-order valence-electron chi connectivity index (χ2n) is 7.53. The molecule has 1 heterocycles. The Bertz CT molecular complexity index is 985. The molecule has 132 valence electrons. The van der Waals surface area contributed by atoms with Gasteiger partial charge in [0.15, 0.2) is 0 Å². The molecule has 0 spiro atoms. The summed E-state index contributed by atoms with van der Waals surface area (Å²) >= 11 is 0. The van der Waals surface area contributed by atoms with Crippen LogP contribution in [0.5, 0.6) is 0 Å². The van der Waals surface area contributed by atoms with E-state index in [1.54, 1.807) is 20.0 Å². The number of nitrogens with zero attached hydrogens (tertiary/aromatic N) is 1. The summed E-state index contributed by atoms with van der Waals surface area (Å²) in [5.74, 6) is 0.834. The highest BCUT2D eigenvalue weighted by atomic mass is 16.3. The van der Waals surface area contributed by atoms with E-state index in [9.17, 15) is 9.90 Å². The third-order valence-electron chi connectivity index (χ3n) is 4.82. The van der Waals surface area contributed by atoms with E-state index in [-0.39, 0.29) is 11.8 Å². The van der Waals surface area contributed by atoms with Crippen LogP contribution in [0.3, 0.4) is 0 Å². The lowest BCUT2D eigenvalue weighted by Crippen LogP contribution is -2.15. The van der Waals surface area contributed by atoms with Crippen LogP contribution in [0.15, 0.2) is 54.7 Å². The Morgan fingerprint density at radius 2 is 1.85 bits per heavy atom. The first-order valence-corrected chi connectivity index (χ1v) is 8.94. The predicted octanol–water partition coefficient (Wildman–Crippen LogP) is 4.48. The van der Waals surface area contributed by atoms with Crippen LogP contribution in [-0.2, 0) is 10.4 Å². The molecule has 3 aromatic rings. The molecule has 0 aliphatic heterocycles. The number of nitrogens with one attached hydrogen (secondary N) is 1. The highest BCUT2D eigenvalue weighted by Crippen LogP contribution is 2.31. The summed E-state index contributed by atoms with van der Waals surface area (Å²) in [6, 6.07) is 16.0. The standard InChI is InChI=1S/C22H22N2O2/c1-22(2,26)19-5-3-4-15(11-19)16-8-9-17-12-20(23-13-18(17)10-16)24-21(25)14-6-7-14/h3-5,8-14,26H,6-7H2,1-2H3,(H,23,24,25). The van der Waals surface area contributed by atoms with Crippen LogP contribution in [0, 0.1) is 5.92 Å². The summed E-state index contributed by atoms with van der Waals surface area (Å²) in [4.78, 5) is 16.3. The van der Waals surface area contributed by atoms with E-state index in [0.29, 0.717) is 5.82 Å². The summed E-state index contributed by atoms with van der Waals surface area (Å²) in [7, 11) is 0. The Hall–Kier alpha value is -2.72. The molecule has 1 aliphatic rings. The summed E-state index contributed by atoms with van der Waals surface area (Å²) < 4.78 is 0. The average molecular weight is 346 g/mol. The quantitative estimate of drug-likeness (QED) is 0.732. The molecular weight excluding hydrogens is 324 g/mol. The molecule has 0 bridgehead atoms. The third kappa shape index (κ3) is 3.46. The molecule has 0 unspecified atom stereocenters. The number of fused-ring (bicyclic) bond motifs is 1. The van der Waals surface area contributed by atoms with E-state index in [0.717, 1.165) is 40.3 Å². The van der Waals surface area contributed by atoms with Gasteiger partial charge in [-0.1, -0.05) is 30.3 Å². The maximum Gasteiger partial charge on any atom is 0.228 e. The van der Waals surface area contributed by atoms with Crippen LogP contribution < -0.4 is 5.32 Å². The fourth-order valence-electron chi connectivity index (χ4n) is 3.04. The van der Waals surface area contributed by atoms with Crippen molar-refractivity contribution in [3.8, 4) is 11.1 Å². The van der Waals surface area contributed by atoms with Gasteiger partial charge in [0.1, 0.15) is 5.82 Å². The molecule has 1 aromatic heterocycles. The van der Waals surface area contributed by atoms with Crippen LogP contribution in [0.25, 0.3) is 21.9 Å². The molecule has 4 rings (SSSR count). The Morgan fingerprint density at radius 3 is 2.58 bits per heavy atom. The van der Waals surface area contributed by atoms with Gasteiger partial charge in [0, 0.05) is 17.5 Å². The Kier molecular flexibility index (Phi) is 4.00. The fourth-order valence-corrected chi connectivity index (χ4v) is 3.04. The molecule has 0 atom stereocenters. The number of amides is 1. The number of carbonyl (C=O) groups is 1. The molecule has 0 saturated heterocycles. The molecule has 1 amide bonds. The number of hydrogen-bond acceptors (Lipinski definition) is 3. The molecule has 26 heavy (non-hydrogen) atoms. The number of pyridine rings is 1. The van der Waals surface area contributed by atoms with E-state index in [1.165, 1.54) is 0 Å². The first kappa shape index (κ1) is 16.7. The van der Waals surface area contributed by atoms with Crippen molar-refractivity contribution >= 4 is 22.5 Å². The van der Waals surface area contributed by atoms with E-state index < -0.39 is 5.60 Å². The molecule has 1 saturated carbocycles. The predicted molar refractivity (Wildman–Crippen MR) is 104 cm³/mol. The first-order chi connectivity index (χ1) is 12.4. The fraction of sp³-hybridized carbons (Fsp3) is 0.273. The van der Waals surface area contributed by atoms with Crippen LogP contribution >= 0.6 is 0 Å². The lowest BCUT2D eigenvalue weighted by molar-refractivity contribution is -0.117. The monoisotopic (exact) mass is 346 g/mol. The van der Waals surface area contributed by atoms with Crippen molar-refractivity contribution < 1.29 is 9.90 Å². The van der Waals surface area contributed by atoms with Gasteiger partial charge < -0.3 is 10.4 Å². The number of aliphatic hydroxyl groups is 1. The number of anilines is 1. The molecule has 0 radical (unpaired) electrons. The minimum absolute atomic E-state index is 0.0666. The van der Waals surface area contributed by atoms with Crippen molar-refractivity contribution in [3.63, 3.8) is 0 Å². The summed E-state index contributed by atoms with van der Waals surface area (Å²) in [5, 5.41) is 15.2. The minimum atomic E-state index is -0.872. The minimum Gasteiger partial charge on any atom is -0.386 e. The van der Waals surface area contributed by atoms with E-state index in [2.05, 4.69) is 22.4 Å². The maximum absolute atomic E-state index is 11.9. The van der Waals surface area contributed by atoms with Gasteiger partial charge in [0.2, 0.25) is 5.91 Å². The lowest BCUT2D eigenvalue weighted by atomic mass is 9.94. The third-order valence-corrected chi connectivity index (χ3v) is 4.82. The Labute approximate surface area is 152 Å². The topological polar surface area (TPSA) is 62.2 Å². The zero-order chi connectivity index (χ0) is 18.3. The number of aromatic nitrogens is 1. The second kappa shape index (κ2) is 6.22. The number of hydrogen-bond donors (Lipinski definition) is 2. The van der Waals surface area contributed by atoms with Gasteiger partial charge in [-0.2, -0.15) is 0 Å². The summed E-state index contributed by atoms with van der Waals surface area (Å²) in [5.41, 5.74) is 2.13. The lowest BCUT2D eigenvalue weighted by Gasteiger charge is -2.18.